The summed E-state index contributed by atoms with van der Waals surface area (Å²) < 4.78 is 26.2. The Labute approximate surface area is 105 Å². The van der Waals surface area contributed by atoms with Crippen LogP contribution in [0.1, 0.15) is 26.7 Å². The third-order valence-electron chi connectivity index (χ3n) is 2.34. The van der Waals surface area contributed by atoms with Gasteiger partial charge in [0.15, 0.2) is 0 Å². The van der Waals surface area contributed by atoms with E-state index >= 15 is 0 Å². The molecule has 1 aromatic rings. The summed E-state index contributed by atoms with van der Waals surface area (Å²) >= 11 is 1.06. The van der Waals surface area contributed by atoms with Gasteiger partial charge in [0.05, 0.1) is 0 Å². The van der Waals surface area contributed by atoms with E-state index in [2.05, 4.69) is 4.72 Å². The molecule has 96 valence electrons. The Bertz CT molecular complexity index is 480. The second-order valence-corrected chi connectivity index (χ2v) is 6.78. The number of nitrogens with one attached hydrogen (secondary N) is 1. The fourth-order valence-electron chi connectivity index (χ4n) is 1.46. The van der Waals surface area contributed by atoms with Crippen molar-refractivity contribution >= 4 is 27.3 Å². The van der Waals surface area contributed by atoms with Gasteiger partial charge in [-0.3, -0.25) is 4.79 Å². The normalized spacial score (nSPS) is 15.4. The lowest BCUT2D eigenvalue weighted by molar-refractivity contribution is -0.143. The zero-order chi connectivity index (χ0) is 13.1. The number of hydrogen-bond donors (Lipinski definition) is 2. The first-order chi connectivity index (χ1) is 7.82. The van der Waals surface area contributed by atoms with E-state index in [4.69, 9.17) is 5.11 Å². The summed E-state index contributed by atoms with van der Waals surface area (Å²) in [5.41, 5.74) is -1.46. The molecular weight excluding hydrogens is 262 g/mol. The number of carboxylic acids is 1. The summed E-state index contributed by atoms with van der Waals surface area (Å²) in [6, 6.07) is 3.05. The Morgan fingerprint density at radius 1 is 1.59 bits per heavy atom. The number of thiophene rings is 1. The van der Waals surface area contributed by atoms with Crippen LogP contribution in [0.15, 0.2) is 21.7 Å². The largest absolute Gasteiger partial charge is 0.480 e. The Morgan fingerprint density at radius 3 is 2.65 bits per heavy atom. The molecule has 0 aliphatic carbocycles. The third-order valence-corrected chi connectivity index (χ3v) is 5.34. The first-order valence-corrected chi connectivity index (χ1v) is 7.49. The van der Waals surface area contributed by atoms with Crippen molar-refractivity contribution in [2.45, 2.75) is 36.4 Å². The van der Waals surface area contributed by atoms with Gasteiger partial charge in [0.25, 0.3) is 10.0 Å². The van der Waals surface area contributed by atoms with Crippen LogP contribution in [0.2, 0.25) is 0 Å². The average Bonchev–Trinajstić information content (AvgIpc) is 2.69. The van der Waals surface area contributed by atoms with Crippen LogP contribution in [0.25, 0.3) is 0 Å². The Kier molecular flexibility index (Phi) is 4.29. The van der Waals surface area contributed by atoms with Crippen LogP contribution < -0.4 is 4.72 Å². The number of carboxylic acid groups (broad SMARTS) is 1. The van der Waals surface area contributed by atoms with Gasteiger partial charge in [0.1, 0.15) is 9.75 Å². The molecule has 0 amide bonds. The molecule has 0 saturated carbocycles. The van der Waals surface area contributed by atoms with E-state index in [1.165, 1.54) is 13.0 Å². The van der Waals surface area contributed by atoms with Gasteiger partial charge in [0.2, 0.25) is 0 Å². The summed E-state index contributed by atoms with van der Waals surface area (Å²) in [6.07, 6.45) is 0.822. The molecule has 0 aliphatic rings. The molecule has 0 spiro atoms. The van der Waals surface area contributed by atoms with Gasteiger partial charge in [-0.25, -0.2) is 8.42 Å². The van der Waals surface area contributed by atoms with Crippen LogP contribution in [0, 0.1) is 0 Å². The quantitative estimate of drug-likeness (QED) is 0.828. The molecule has 1 rings (SSSR count). The maximum Gasteiger partial charge on any atom is 0.324 e. The monoisotopic (exact) mass is 277 g/mol. The lowest BCUT2D eigenvalue weighted by Crippen LogP contribution is -2.51. The molecule has 0 fully saturated rings. The highest BCUT2D eigenvalue weighted by molar-refractivity contribution is 7.91. The smallest absolute Gasteiger partial charge is 0.324 e. The minimum Gasteiger partial charge on any atom is -0.480 e. The van der Waals surface area contributed by atoms with Crippen LogP contribution >= 0.6 is 11.3 Å². The highest BCUT2D eigenvalue weighted by Crippen LogP contribution is 2.21. The highest BCUT2D eigenvalue weighted by atomic mass is 32.2. The highest BCUT2D eigenvalue weighted by Gasteiger charge is 2.37. The Balaban J connectivity index is 3.00. The van der Waals surface area contributed by atoms with E-state index in [0.29, 0.717) is 6.42 Å². The first kappa shape index (κ1) is 14.1. The molecule has 0 saturated heterocycles. The molecule has 2 N–H and O–H groups in total. The summed E-state index contributed by atoms with van der Waals surface area (Å²) in [5.74, 6) is -1.17. The Hall–Kier alpha value is -0.920. The first-order valence-electron chi connectivity index (χ1n) is 5.13. The van der Waals surface area contributed by atoms with Crippen molar-refractivity contribution in [1.29, 1.82) is 0 Å². The minimum atomic E-state index is -3.75. The molecular formula is C10H15NO4S2. The minimum absolute atomic E-state index is 0.126. The number of hydrogen-bond acceptors (Lipinski definition) is 4. The summed E-state index contributed by atoms with van der Waals surface area (Å²) in [7, 11) is -3.75. The van der Waals surface area contributed by atoms with E-state index in [-0.39, 0.29) is 10.6 Å². The lowest BCUT2D eigenvalue weighted by Gasteiger charge is -2.24. The number of carbonyl (C=O) groups is 1. The molecule has 5 nitrogen and oxygen atoms in total. The summed E-state index contributed by atoms with van der Waals surface area (Å²) in [6.45, 7) is 3.19. The van der Waals surface area contributed by atoms with E-state index < -0.39 is 21.5 Å². The molecule has 0 aromatic carbocycles. The summed E-state index contributed by atoms with van der Waals surface area (Å²) in [4.78, 5) is 11.1. The van der Waals surface area contributed by atoms with Crippen LogP contribution in [0.3, 0.4) is 0 Å². The molecule has 7 heteroatoms. The maximum atomic E-state index is 11.9. The molecule has 1 heterocycles. The Morgan fingerprint density at radius 2 is 2.24 bits per heavy atom. The van der Waals surface area contributed by atoms with Gasteiger partial charge in [0, 0.05) is 0 Å². The van der Waals surface area contributed by atoms with Crippen LogP contribution in [0.4, 0.5) is 0 Å². The SMILES string of the molecule is CCCC(C)(NS(=O)(=O)c1cccs1)C(=O)O. The molecule has 1 aromatic heterocycles. The van der Waals surface area contributed by atoms with Crippen molar-refractivity contribution in [2.24, 2.45) is 0 Å². The molecule has 0 bridgehead atoms. The van der Waals surface area contributed by atoms with Gasteiger partial charge in [-0.2, -0.15) is 4.72 Å². The fraction of sp³-hybridized carbons (Fsp3) is 0.500. The average molecular weight is 277 g/mol. The maximum absolute atomic E-state index is 11.9. The molecule has 0 radical (unpaired) electrons. The van der Waals surface area contributed by atoms with Gasteiger partial charge in [-0.1, -0.05) is 19.4 Å². The van der Waals surface area contributed by atoms with E-state index in [1.54, 1.807) is 18.4 Å². The van der Waals surface area contributed by atoms with Crippen LogP contribution in [-0.4, -0.2) is 25.0 Å². The predicted molar refractivity (Wildman–Crippen MR) is 65.6 cm³/mol. The zero-order valence-corrected chi connectivity index (χ0v) is 11.3. The second-order valence-electron chi connectivity index (χ2n) is 3.92. The molecule has 1 atom stereocenters. The number of aliphatic carboxylic acids is 1. The molecule has 1 unspecified atom stereocenters. The standard InChI is InChI=1S/C10H15NO4S2/c1-3-6-10(2,9(12)13)11-17(14,15)8-5-4-7-16-8/h4-5,7,11H,3,6H2,1-2H3,(H,12,13). The van der Waals surface area contributed by atoms with Crippen molar-refractivity contribution < 1.29 is 18.3 Å². The van der Waals surface area contributed by atoms with Crippen molar-refractivity contribution in [1.82, 2.24) is 4.72 Å². The second kappa shape index (κ2) is 5.16. The predicted octanol–water partition coefficient (Wildman–Crippen LogP) is 1.67. The van der Waals surface area contributed by atoms with E-state index in [9.17, 15) is 13.2 Å². The van der Waals surface area contributed by atoms with Gasteiger partial charge in [-0.05, 0) is 24.8 Å². The van der Waals surface area contributed by atoms with Gasteiger partial charge < -0.3 is 5.11 Å². The fourth-order valence-corrected chi connectivity index (χ4v) is 3.85. The van der Waals surface area contributed by atoms with E-state index in [1.807, 2.05) is 0 Å². The van der Waals surface area contributed by atoms with Crippen molar-refractivity contribution in [3.63, 3.8) is 0 Å². The number of rotatable bonds is 6. The number of sulfonamides is 1. The topological polar surface area (TPSA) is 83.5 Å². The van der Waals surface area contributed by atoms with Gasteiger partial charge in [-0.15, -0.1) is 11.3 Å². The molecule has 17 heavy (non-hydrogen) atoms. The van der Waals surface area contributed by atoms with Crippen LogP contribution in [-0.2, 0) is 14.8 Å². The summed E-state index contributed by atoms with van der Waals surface area (Å²) in [5, 5.41) is 10.7. The zero-order valence-electron chi connectivity index (χ0n) is 9.63. The molecule has 0 aliphatic heterocycles. The third kappa shape index (κ3) is 3.27. The van der Waals surface area contributed by atoms with E-state index in [0.717, 1.165) is 11.3 Å². The van der Waals surface area contributed by atoms with Gasteiger partial charge >= 0.3 is 5.97 Å². The van der Waals surface area contributed by atoms with Crippen molar-refractivity contribution in [3.8, 4) is 0 Å². The van der Waals surface area contributed by atoms with Crippen molar-refractivity contribution in [3.05, 3.63) is 17.5 Å². The lowest BCUT2D eigenvalue weighted by atomic mass is 9.98. The van der Waals surface area contributed by atoms with Crippen LogP contribution in [0.5, 0.6) is 0 Å². The van der Waals surface area contributed by atoms with Crippen molar-refractivity contribution in [2.75, 3.05) is 0 Å².